The Hall–Kier alpha value is -1.69. The topological polar surface area (TPSA) is 59.8 Å². The molecule has 19 heavy (non-hydrogen) atoms. The molecule has 0 spiro atoms. The number of aromatic nitrogens is 3. The van der Waals surface area contributed by atoms with Crippen LogP contribution in [-0.4, -0.2) is 20.7 Å². The van der Waals surface area contributed by atoms with Crippen LogP contribution in [-0.2, 0) is 13.5 Å². The van der Waals surface area contributed by atoms with Gasteiger partial charge in [0.25, 0.3) is 5.91 Å². The highest BCUT2D eigenvalue weighted by atomic mass is 79.9. The Labute approximate surface area is 120 Å². The summed E-state index contributed by atoms with van der Waals surface area (Å²) in [5, 5.41) is 7.13. The quantitative estimate of drug-likeness (QED) is 0.884. The highest BCUT2D eigenvalue weighted by Gasteiger charge is 2.15. The molecule has 0 aliphatic rings. The molecule has 2 rings (SSSR count). The van der Waals surface area contributed by atoms with Crippen molar-refractivity contribution in [3.05, 3.63) is 39.9 Å². The van der Waals surface area contributed by atoms with Gasteiger partial charge in [0.2, 0.25) is 0 Å². The number of rotatable bonds is 3. The normalized spacial score (nSPS) is 10.5. The van der Waals surface area contributed by atoms with Crippen molar-refractivity contribution in [1.82, 2.24) is 14.8 Å². The third kappa shape index (κ3) is 3.01. The molecule has 0 aliphatic carbocycles. The van der Waals surface area contributed by atoms with Crippen LogP contribution in [0.15, 0.2) is 22.9 Å². The summed E-state index contributed by atoms with van der Waals surface area (Å²) in [5.74, 6) is -0.155. The predicted octanol–water partition coefficient (Wildman–Crippen LogP) is 2.70. The maximum atomic E-state index is 12.2. The fourth-order valence-electron chi connectivity index (χ4n) is 1.84. The molecule has 0 radical (unpaired) electrons. The lowest BCUT2D eigenvalue weighted by Gasteiger charge is -2.07. The highest BCUT2D eigenvalue weighted by Crippen LogP contribution is 2.18. The molecule has 0 aromatic carbocycles. The van der Waals surface area contributed by atoms with Crippen molar-refractivity contribution in [2.45, 2.75) is 20.3 Å². The summed E-state index contributed by atoms with van der Waals surface area (Å²) < 4.78 is 2.40. The van der Waals surface area contributed by atoms with E-state index in [1.54, 1.807) is 16.9 Å². The monoisotopic (exact) mass is 322 g/mol. The molecule has 0 aliphatic heterocycles. The summed E-state index contributed by atoms with van der Waals surface area (Å²) >= 11 is 3.30. The molecule has 0 unspecified atom stereocenters. The summed E-state index contributed by atoms with van der Waals surface area (Å²) in [5.41, 5.74) is 2.87. The molecule has 0 saturated carbocycles. The number of amides is 1. The molecule has 0 saturated heterocycles. The Morgan fingerprint density at radius 1 is 1.47 bits per heavy atom. The molecule has 2 heterocycles. The van der Waals surface area contributed by atoms with Crippen molar-refractivity contribution in [2.24, 2.45) is 7.05 Å². The van der Waals surface area contributed by atoms with E-state index in [0.717, 1.165) is 22.4 Å². The van der Waals surface area contributed by atoms with E-state index in [2.05, 4.69) is 31.3 Å². The number of nitrogens with zero attached hydrogens (tertiary/aromatic N) is 3. The van der Waals surface area contributed by atoms with Gasteiger partial charge >= 0.3 is 0 Å². The molecule has 0 atom stereocenters. The van der Waals surface area contributed by atoms with Crippen molar-refractivity contribution in [3.8, 4) is 0 Å². The van der Waals surface area contributed by atoms with Crippen LogP contribution >= 0.6 is 15.9 Å². The number of aryl methyl sites for hydroxylation is 3. The second-order valence-corrected chi connectivity index (χ2v) is 5.05. The van der Waals surface area contributed by atoms with Crippen molar-refractivity contribution < 1.29 is 4.79 Å². The molecule has 2 aromatic rings. The molecule has 100 valence electrons. The van der Waals surface area contributed by atoms with Crippen molar-refractivity contribution in [2.75, 3.05) is 5.32 Å². The Balaban J connectivity index is 2.25. The average Bonchev–Trinajstić information content (AvgIpc) is 2.74. The van der Waals surface area contributed by atoms with Crippen LogP contribution in [0.2, 0.25) is 0 Å². The zero-order chi connectivity index (χ0) is 14.0. The van der Waals surface area contributed by atoms with Gasteiger partial charge in [-0.1, -0.05) is 6.92 Å². The standard InChI is InChI=1S/C13H15BrN4O/c1-4-10-9(7-18(3)17-10)13(19)16-11-5-6-12(14)15-8(11)2/h5-7H,4H2,1-3H3,(H,16,19). The van der Waals surface area contributed by atoms with Gasteiger partial charge in [-0.3, -0.25) is 9.48 Å². The van der Waals surface area contributed by atoms with E-state index in [1.165, 1.54) is 0 Å². The zero-order valence-corrected chi connectivity index (χ0v) is 12.7. The van der Waals surface area contributed by atoms with Crippen LogP contribution < -0.4 is 5.32 Å². The number of carbonyl (C=O) groups is 1. The summed E-state index contributed by atoms with van der Waals surface area (Å²) in [6, 6.07) is 3.62. The van der Waals surface area contributed by atoms with Gasteiger partial charge in [-0.05, 0) is 41.4 Å². The number of carbonyl (C=O) groups excluding carboxylic acids is 1. The Bertz CT molecular complexity index is 621. The van der Waals surface area contributed by atoms with Gasteiger partial charge in [-0.15, -0.1) is 0 Å². The van der Waals surface area contributed by atoms with Crippen molar-refractivity contribution in [3.63, 3.8) is 0 Å². The van der Waals surface area contributed by atoms with Crippen molar-refractivity contribution >= 4 is 27.5 Å². The largest absolute Gasteiger partial charge is 0.320 e. The van der Waals surface area contributed by atoms with Gasteiger partial charge in [0.05, 0.1) is 22.6 Å². The van der Waals surface area contributed by atoms with Crippen LogP contribution in [0.5, 0.6) is 0 Å². The van der Waals surface area contributed by atoms with E-state index >= 15 is 0 Å². The van der Waals surface area contributed by atoms with Gasteiger partial charge in [0.15, 0.2) is 0 Å². The summed E-state index contributed by atoms with van der Waals surface area (Å²) in [6.07, 6.45) is 2.46. The Kier molecular flexibility index (Phi) is 3.99. The molecular formula is C13H15BrN4O. The van der Waals surface area contributed by atoms with E-state index in [1.807, 2.05) is 27.0 Å². The van der Waals surface area contributed by atoms with E-state index in [9.17, 15) is 4.79 Å². The van der Waals surface area contributed by atoms with Gasteiger partial charge in [-0.25, -0.2) is 4.98 Å². The number of anilines is 1. The number of hydrogen-bond acceptors (Lipinski definition) is 3. The lowest BCUT2D eigenvalue weighted by atomic mass is 10.2. The molecular weight excluding hydrogens is 308 g/mol. The molecule has 0 bridgehead atoms. The maximum absolute atomic E-state index is 12.2. The SMILES string of the molecule is CCc1nn(C)cc1C(=O)Nc1ccc(Br)nc1C. The number of hydrogen-bond donors (Lipinski definition) is 1. The third-order valence-corrected chi connectivity index (χ3v) is 3.23. The van der Waals surface area contributed by atoms with Gasteiger partial charge in [0, 0.05) is 13.2 Å². The Morgan fingerprint density at radius 3 is 2.84 bits per heavy atom. The summed E-state index contributed by atoms with van der Waals surface area (Å²) in [6.45, 7) is 3.83. The number of nitrogens with one attached hydrogen (secondary N) is 1. The second-order valence-electron chi connectivity index (χ2n) is 4.24. The smallest absolute Gasteiger partial charge is 0.259 e. The van der Waals surface area contributed by atoms with Crippen LogP contribution in [0, 0.1) is 6.92 Å². The second kappa shape index (κ2) is 5.52. The lowest BCUT2D eigenvalue weighted by Crippen LogP contribution is -2.14. The number of halogens is 1. The molecule has 2 aromatic heterocycles. The molecule has 6 heteroatoms. The fourth-order valence-corrected chi connectivity index (χ4v) is 2.24. The first-order chi connectivity index (χ1) is 9.01. The lowest BCUT2D eigenvalue weighted by molar-refractivity contribution is 0.102. The maximum Gasteiger partial charge on any atom is 0.259 e. The first-order valence-electron chi connectivity index (χ1n) is 5.98. The van der Waals surface area contributed by atoms with E-state index in [4.69, 9.17) is 0 Å². The zero-order valence-electron chi connectivity index (χ0n) is 11.1. The minimum absolute atomic E-state index is 0.155. The van der Waals surface area contributed by atoms with Crippen LogP contribution in [0.3, 0.4) is 0 Å². The van der Waals surface area contributed by atoms with Crippen LogP contribution in [0.4, 0.5) is 5.69 Å². The van der Waals surface area contributed by atoms with Gasteiger partial charge in [-0.2, -0.15) is 5.10 Å². The first kappa shape index (κ1) is 13.7. The van der Waals surface area contributed by atoms with Gasteiger partial charge in [0.1, 0.15) is 4.60 Å². The molecule has 0 fully saturated rings. The van der Waals surface area contributed by atoms with Crippen LogP contribution in [0.25, 0.3) is 0 Å². The highest BCUT2D eigenvalue weighted by molar-refractivity contribution is 9.10. The molecule has 1 amide bonds. The summed E-state index contributed by atoms with van der Waals surface area (Å²) in [7, 11) is 1.81. The first-order valence-corrected chi connectivity index (χ1v) is 6.77. The fraction of sp³-hybridized carbons (Fsp3) is 0.308. The Morgan fingerprint density at radius 2 is 2.21 bits per heavy atom. The van der Waals surface area contributed by atoms with Crippen molar-refractivity contribution in [1.29, 1.82) is 0 Å². The third-order valence-electron chi connectivity index (χ3n) is 2.78. The summed E-state index contributed by atoms with van der Waals surface area (Å²) in [4.78, 5) is 16.5. The minimum atomic E-state index is -0.155. The molecule has 5 nitrogen and oxygen atoms in total. The number of pyridine rings is 1. The predicted molar refractivity (Wildman–Crippen MR) is 77.2 cm³/mol. The average molecular weight is 323 g/mol. The van der Waals surface area contributed by atoms with E-state index < -0.39 is 0 Å². The minimum Gasteiger partial charge on any atom is -0.320 e. The van der Waals surface area contributed by atoms with Gasteiger partial charge < -0.3 is 5.32 Å². The molecule has 1 N–H and O–H groups in total. The van der Waals surface area contributed by atoms with Crippen LogP contribution in [0.1, 0.15) is 28.7 Å². The van der Waals surface area contributed by atoms with E-state index in [-0.39, 0.29) is 5.91 Å². The van der Waals surface area contributed by atoms with E-state index in [0.29, 0.717) is 11.3 Å².